The molecule has 0 radical (unpaired) electrons. The van der Waals surface area contributed by atoms with Crippen molar-refractivity contribution in [2.24, 2.45) is 0 Å². The largest absolute Gasteiger partial charge is 0.462 e. The summed E-state index contributed by atoms with van der Waals surface area (Å²) in [5, 5.41) is 0. The first-order valence-corrected chi connectivity index (χ1v) is 32.3. The van der Waals surface area contributed by atoms with Gasteiger partial charge in [-0.1, -0.05) is 269 Å². The zero-order chi connectivity index (χ0) is 57.1. The molecule has 6 nitrogen and oxygen atoms in total. The molecule has 1 atom stereocenters. The second kappa shape index (κ2) is 65.8. The molecule has 0 N–H and O–H groups in total. The van der Waals surface area contributed by atoms with Crippen LogP contribution >= 0.6 is 0 Å². The highest BCUT2D eigenvalue weighted by atomic mass is 16.6. The lowest BCUT2D eigenvalue weighted by Gasteiger charge is -2.18. The van der Waals surface area contributed by atoms with Gasteiger partial charge >= 0.3 is 17.9 Å². The molecule has 0 bridgehead atoms. The van der Waals surface area contributed by atoms with Crippen molar-refractivity contribution in [3.05, 3.63) is 146 Å². The fourth-order valence-electron chi connectivity index (χ4n) is 8.59. The molecule has 0 aromatic heterocycles. The molecule has 0 rings (SSSR count). The van der Waals surface area contributed by atoms with Crippen LogP contribution in [0.3, 0.4) is 0 Å². The monoisotopic (exact) mass is 1090 g/mol. The summed E-state index contributed by atoms with van der Waals surface area (Å²) in [7, 11) is 0. The average Bonchev–Trinajstić information content (AvgIpc) is 3.45. The number of allylic oxidation sites excluding steroid dienone is 24. The van der Waals surface area contributed by atoms with Crippen LogP contribution in [0.1, 0.15) is 278 Å². The number of unbranched alkanes of at least 4 members (excludes halogenated alkanes) is 22. The summed E-state index contributed by atoms with van der Waals surface area (Å²) >= 11 is 0. The van der Waals surface area contributed by atoms with Gasteiger partial charge in [0.1, 0.15) is 13.2 Å². The minimum Gasteiger partial charge on any atom is -0.462 e. The van der Waals surface area contributed by atoms with E-state index in [0.717, 1.165) is 154 Å². The molecule has 0 aromatic rings. The van der Waals surface area contributed by atoms with Crippen LogP contribution in [-0.4, -0.2) is 37.2 Å². The van der Waals surface area contributed by atoms with Gasteiger partial charge in [0.2, 0.25) is 0 Å². The van der Waals surface area contributed by atoms with E-state index in [2.05, 4.69) is 167 Å². The third-order valence-corrected chi connectivity index (χ3v) is 13.3. The maximum absolute atomic E-state index is 12.9. The van der Waals surface area contributed by atoms with Crippen LogP contribution in [0.2, 0.25) is 0 Å². The zero-order valence-electron chi connectivity index (χ0n) is 51.1. The van der Waals surface area contributed by atoms with E-state index in [1.807, 2.05) is 0 Å². The van der Waals surface area contributed by atoms with E-state index in [9.17, 15) is 14.4 Å². The lowest BCUT2D eigenvalue weighted by molar-refractivity contribution is -0.167. The summed E-state index contributed by atoms with van der Waals surface area (Å²) < 4.78 is 16.9. The molecule has 0 aliphatic rings. The minimum atomic E-state index is -0.804. The van der Waals surface area contributed by atoms with Gasteiger partial charge in [-0.2, -0.15) is 0 Å². The standard InChI is InChI=1S/C73H118O6/c1-4-7-10-13-16-19-22-25-28-31-32-33-34-35-36-37-38-39-40-43-45-48-51-54-57-60-63-66-72(75)78-69-70(79-73(76)67-64-61-58-55-52-49-46-42-30-27-24-21-18-15-12-9-6-3)68-77-71(74)65-62-59-56-53-50-47-44-41-29-26-23-20-17-14-11-8-5-2/h7-12,16-21,25-30,32-33,35-36,46,49,70H,4-6,13-15,22-24,31,34,37-45,47-48,50-69H2,1-3H3/b10-7-,11-8-,12-9-,19-16-,20-17-,21-18-,28-25-,29-26-,30-27-,33-32-,36-35-,49-46-. The molecule has 0 heterocycles. The fraction of sp³-hybridized carbons (Fsp3) is 0.630. The predicted octanol–water partition coefficient (Wildman–Crippen LogP) is 22.3. The molecular weight excluding hydrogens is 973 g/mol. The first-order valence-electron chi connectivity index (χ1n) is 32.3. The van der Waals surface area contributed by atoms with Gasteiger partial charge in [0.05, 0.1) is 0 Å². The van der Waals surface area contributed by atoms with E-state index in [1.54, 1.807) is 0 Å². The van der Waals surface area contributed by atoms with Gasteiger partial charge in [-0.15, -0.1) is 0 Å². The Morgan fingerprint density at radius 2 is 0.456 bits per heavy atom. The van der Waals surface area contributed by atoms with Crippen LogP contribution in [0.4, 0.5) is 0 Å². The quantitative estimate of drug-likeness (QED) is 0.0261. The number of esters is 3. The van der Waals surface area contributed by atoms with E-state index in [0.29, 0.717) is 19.3 Å². The van der Waals surface area contributed by atoms with E-state index < -0.39 is 6.10 Å². The van der Waals surface area contributed by atoms with Crippen LogP contribution in [0.25, 0.3) is 0 Å². The summed E-state index contributed by atoms with van der Waals surface area (Å²) in [5.41, 5.74) is 0. The highest BCUT2D eigenvalue weighted by molar-refractivity contribution is 5.71. The maximum atomic E-state index is 12.9. The van der Waals surface area contributed by atoms with Crippen molar-refractivity contribution in [3.8, 4) is 0 Å². The first-order chi connectivity index (χ1) is 39.0. The normalized spacial score (nSPS) is 13.1. The highest BCUT2D eigenvalue weighted by Crippen LogP contribution is 2.15. The van der Waals surface area contributed by atoms with Gasteiger partial charge < -0.3 is 14.2 Å². The SMILES string of the molecule is CC/C=C\C/C=C\C/C=C\C/C=C\C/C=C\CCCCCCCCCCCCCC(=O)OCC(COC(=O)CCCCCCCCC/C=C\C/C=C\C/C=C\CC)OC(=O)CCCCCC/C=C\C/C=C\C/C=C\C/C=C\CC. The molecule has 0 spiro atoms. The van der Waals surface area contributed by atoms with Crippen LogP contribution in [0.15, 0.2) is 146 Å². The number of carbonyl (C=O) groups excluding carboxylic acids is 3. The van der Waals surface area contributed by atoms with Crippen molar-refractivity contribution in [3.63, 3.8) is 0 Å². The molecule has 446 valence electrons. The molecule has 6 heteroatoms. The van der Waals surface area contributed by atoms with Gasteiger partial charge in [-0.25, -0.2) is 0 Å². The number of hydrogen-bond acceptors (Lipinski definition) is 6. The average molecular weight is 1090 g/mol. The minimum absolute atomic E-state index is 0.0973. The van der Waals surface area contributed by atoms with E-state index in [4.69, 9.17) is 14.2 Å². The van der Waals surface area contributed by atoms with Gasteiger partial charge in [-0.05, 0) is 135 Å². The Labute approximate surface area is 487 Å². The molecular formula is C73H118O6. The van der Waals surface area contributed by atoms with Gasteiger partial charge in [-0.3, -0.25) is 14.4 Å². The summed E-state index contributed by atoms with van der Waals surface area (Å²) in [5.74, 6) is -0.933. The van der Waals surface area contributed by atoms with Gasteiger partial charge in [0.25, 0.3) is 0 Å². The third kappa shape index (κ3) is 64.0. The van der Waals surface area contributed by atoms with Crippen molar-refractivity contribution in [1.82, 2.24) is 0 Å². The summed E-state index contributed by atoms with van der Waals surface area (Å²) in [6.45, 7) is 6.28. The molecule has 0 aromatic carbocycles. The lowest BCUT2D eigenvalue weighted by Crippen LogP contribution is -2.30. The van der Waals surface area contributed by atoms with E-state index >= 15 is 0 Å². The van der Waals surface area contributed by atoms with Gasteiger partial charge in [0, 0.05) is 19.3 Å². The molecule has 0 aliphatic carbocycles. The van der Waals surface area contributed by atoms with Crippen molar-refractivity contribution in [2.75, 3.05) is 13.2 Å². The summed E-state index contributed by atoms with van der Waals surface area (Å²) in [6, 6.07) is 0. The molecule has 0 saturated heterocycles. The summed E-state index contributed by atoms with van der Waals surface area (Å²) in [6.07, 6.45) is 94.2. The maximum Gasteiger partial charge on any atom is 0.306 e. The predicted molar refractivity (Wildman–Crippen MR) is 343 cm³/mol. The van der Waals surface area contributed by atoms with Crippen LogP contribution in [0, 0.1) is 0 Å². The Kier molecular flexibility index (Phi) is 61.9. The van der Waals surface area contributed by atoms with Gasteiger partial charge in [0.15, 0.2) is 6.10 Å². The Hall–Kier alpha value is -4.71. The topological polar surface area (TPSA) is 78.9 Å². The van der Waals surface area contributed by atoms with E-state index in [-0.39, 0.29) is 31.1 Å². The molecule has 0 fully saturated rings. The molecule has 0 saturated carbocycles. The lowest BCUT2D eigenvalue weighted by atomic mass is 10.0. The van der Waals surface area contributed by atoms with Crippen LogP contribution in [-0.2, 0) is 28.6 Å². The second-order valence-corrected chi connectivity index (χ2v) is 20.9. The highest BCUT2D eigenvalue weighted by Gasteiger charge is 2.19. The smallest absolute Gasteiger partial charge is 0.306 e. The molecule has 79 heavy (non-hydrogen) atoms. The van der Waals surface area contributed by atoms with Crippen molar-refractivity contribution >= 4 is 17.9 Å². The number of carbonyl (C=O) groups is 3. The first kappa shape index (κ1) is 74.3. The Balaban J connectivity index is 4.39. The van der Waals surface area contributed by atoms with Crippen molar-refractivity contribution < 1.29 is 28.6 Å². The fourth-order valence-corrected chi connectivity index (χ4v) is 8.59. The molecule has 0 aliphatic heterocycles. The van der Waals surface area contributed by atoms with Crippen molar-refractivity contribution in [2.45, 2.75) is 284 Å². The Bertz CT molecular complexity index is 1730. The van der Waals surface area contributed by atoms with Crippen LogP contribution in [0.5, 0.6) is 0 Å². The number of ether oxygens (including phenoxy) is 3. The van der Waals surface area contributed by atoms with Crippen LogP contribution < -0.4 is 0 Å². The zero-order valence-corrected chi connectivity index (χ0v) is 51.1. The van der Waals surface area contributed by atoms with E-state index in [1.165, 1.54) is 83.5 Å². The Morgan fingerprint density at radius 1 is 0.253 bits per heavy atom. The third-order valence-electron chi connectivity index (χ3n) is 13.3. The number of rotatable bonds is 57. The second-order valence-electron chi connectivity index (χ2n) is 20.9. The number of hydrogen-bond donors (Lipinski definition) is 0. The van der Waals surface area contributed by atoms with Crippen molar-refractivity contribution in [1.29, 1.82) is 0 Å². The molecule has 1 unspecified atom stereocenters. The molecule has 0 amide bonds. The summed E-state index contributed by atoms with van der Waals surface area (Å²) in [4.78, 5) is 38.4. The Morgan fingerprint density at radius 3 is 0.709 bits per heavy atom.